The third-order valence-electron chi connectivity index (χ3n) is 4.51. The first-order valence-corrected chi connectivity index (χ1v) is 8.04. The molecule has 1 fully saturated rings. The van der Waals surface area contributed by atoms with E-state index < -0.39 is 0 Å². The molecule has 2 unspecified atom stereocenters. The van der Waals surface area contributed by atoms with E-state index in [2.05, 4.69) is 32.2 Å². The van der Waals surface area contributed by atoms with Crippen molar-refractivity contribution in [1.82, 2.24) is 5.32 Å². The molecular weight excluding hydrogens is 260 g/mol. The van der Waals surface area contributed by atoms with Crippen LogP contribution in [0.25, 0.3) is 0 Å². The highest BCUT2D eigenvalue weighted by Crippen LogP contribution is 2.27. The molecule has 3 N–H and O–H groups in total. The Labute approximate surface area is 128 Å². The van der Waals surface area contributed by atoms with Crippen LogP contribution >= 0.6 is 0 Å². The van der Waals surface area contributed by atoms with Gasteiger partial charge in [-0.1, -0.05) is 51.8 Å². The van der Waals surface area contributed by atoms with Crippen molar-refractivity contribution in [1.29, 1.82) is 0 Å². The van der Waals surface area contributed by atoms with E-state index in [1.165, 1.54) is 12.8 Å². The van der Waals surface area contributed by atoms with E-state index in [-0.39, 0.29) is 17.4 Å². The van der Waals surface area contributed by atoms with Crippen molar-refractivity contribution >= 4 is 5.91 Å². The number of carbonyl (C=O) groups is 1. The summed E-state index contributed by atoms with van der Waals surface area (Å²) in [6, 6.07) is 8.14. The maximum atomic E-state index is 12.7. The average molecular weight is 288 g/mol. The molecule has 2 rings (SSSR count). The molecule has 1 aromatic carbocycles. The molecule has 0 aromatic heterocycles. The van der Waals surface area contributed by atoms with Crippen LogP contribution in [0.3, 0.4) is 0 Å². The molecule has 1 aromatic rings. The van der Waals surface area contributed by atoms with Gasteiger partial charge in [-0.2, -0.15) is 0 Å². The number of nitrogens with one attached hydrogen (secondary N) is 1. The van der Waals surface area contributed by atoms with Crippen molar-refractivity contribution in [3.8, 4) is 0 Å². The molecule has 1 aliphatic rings. The lowest BCUT2D eigenvalue weighted by Crippen LogP contribution is -2.45. The summed E-state index contributed by atoms with van der Waals surface area (Å²) in [6.45, 7) is 7.08. The van der Waals surface area contributed by atoms with Gasteiger partial charge in [0.15, 0.2) is 0 Å². The predicted molar refractivity (Wildman–Crippen MR) is 87.4 cm³/mol. The molecule has 0 heterocycles. The Morgan fingerprint density at radius 2 is 1.90 bits per heavy atom. The summed E-state index contributed by atoms with van der Waals surface area (Å²) in [6.07, 6.45) is 4.59. The molecule has 3 heteroatoms. The maximum absolute atomic E-state index is 12.7. The van der Waals surface area contributed by atoms with E-state index in [0.29, 0.717) is 12.5 Å². The van der Waals surface area contributed by atoms with Crippen molar-refractivity contribution in [2.24, 2.45) is 11.7 Å². The minimum Gasteiger partial charge on any atom is -0.349 e. The Morgan fingerprint density at radius 3 is 2.57 bits per heavy atom. The van der Waals surface area contributed by atoms with Crippen LogP contribution in [0.4, 0.5) is 0 Å². The Morgan fingerprint density at radius 1 is 1.24 bits per heavy atom. The number of nitrogens with two attached hydrogens (primary N) is 1. The largest absolute Gasteiger partial charge is 0.349 e. The monoisotopic (exact) mass is 288 g/mol. The van der Waals surface area contributed by atoms with Crippen molar-refractivity contribution < 1.29 is 4.79 Å². The second-order valence-corrected chi connectivity index (χ2v) is 7.16. The second kappa shape index (κ2) is 6.61. The molecule has 3 nitrogen and oxygen atoms in total. The molecule has 21 heavy (non-hydrogen) atoms. The van der Waals surface area contributed by atoms with E-state index >= 15 is 0 Å². The van der Waals surface area contributed by atoms with E-state index in [0.717, 1.165) is 24.0 Å². The van der Waals surface area contributed by atoms with Gasteiger partial charge in [0, 0.05) is 11.6 Å². The van der Waals surface area contributed by atoms with Crippen LogP contribution in [-0.2, 0) is 5.41 Å². The van der Waals surface area contributed by atoms with Crippen LogP contribution in [-0.4, -0.2) is 18.5 Å². The fraction of sp³-hybridized carbons (Fsp3) is 0.611. The van der Waals surface area contributed by atoms with E-state index in [1.54, 1.807) is 0 Å². The Kier molecular flexibility index (Phi) is 5.04. The first-order valence-electron chi connectivity index (χ1n) is 8.04. The van der Waals surface area contributed by atoms with Crippen LogP contribution in [0, 0.1) is 5.92 Å². The molecule has 0 aliphatic heterocycles. The molecule has 2 atom stereocenters. The number of carbonyl (C=O) groups excluding carboxylic acids is 1. The van der Waals surface area contributed by atoms with Gasteiger partial charge in [-0.25, -0.2) is 0 Å². The molecule has 0 spiro atoms. The number of hydrogen-bond acceptors (Lipinski definition) is 2. The van der Waals surface area contributed by atoms with Crippen molar-refractivity contribution in [2.45, 2.75) is 57.9 Å². The van der Waals surface area contributed by atoms with Gasteiger partial charge in [0.05, 0.1) is 0 Å². The third kappa shape index (κ3) is 3.85. The first-order chi connectivity index (χ1) is 9.93. The summed E-state index contributed by atoms with van der Waals surface area (Å²) >= 11 is 0. The number of rotatable bonds is 3. The number of hydrogen-bond donors (Lipinski definition) is 2. The van der Waals surface area contributed by atoms with Crippen LogP contribution in [0.1, 0.15) is 62.4 Å². The van der Waals surface area contributed by atoms with Crippen LogP contribution in [0.5, 0.6) is 0 Å². The summed E-state index contributed by atoms with van der Waals surface area (Å²) < 4.78 is 0. The molecule has 116 valence electrons. The molecule has 1 amide bonds. The molecular formula is C18H28N2O. The smallest absolute Gasteiger partial charge is 0.251 e. The van der Waals surface area contributed by atoms with Gasteiger partial charge in [-0.3, -0.25) is 4.79 Å². The second-order valence-electron chi connectivity index (χ2n) is 7.16. The Balaban J connectivity index is 2.17. The van der Waals surface area contributed by atoms with Crippen LogP contribution in [0.15, 0.2) is 24.3 Å². The highest BCUT2D eigenvalue weighted by Gasteiger charge is 2.27. The quantitative estimate of drug-likeness (QED) is 0.897. The number of amides is 1. The summed E-state index contributed by atoms with van der Waals surface area (Å²) in [4.78, 5) is 12.7. The standard InChI is InChI=1S/C18H28N2O/c1-18(2,3)15-10-6-5-9-14(15)17(21)20-16-11-7-4-8-13(16)12-19/h5-6,9-10,13,16H,4,7-8,11-12,19H2,1-3H3,(H,20,21). The Bertz CT molecular complexity index is 490. The topological polar surface area (TPSA) is 55.1 Å². The highest BCUT2D eigenvalue weighted by molar-refractivity contribution is 5.96. The van der Waals surface area contributed by atoms with Gasteiger partial charge in [-0.15, -0.1) is 0 Å². The fourth-order valence-electron chi connectivity index (χ4n) is 3.26. The molecule has 1 saturated carbocycles. The predicted octanol–water partition coefficient (Wildman–Crippen LogP) is 3.23. The zero-order valence-electron chi connectivity index (χ0n) is 13.5. The Hall–Kier alpha value is -1.35. The highest BCUT2D eigenvalue weighted by atomic mass is 16.1. The van der Waals surface area contributed by atoms with Gasteiger partial charge >= 0.3 is 0 Å². The SMILES string of the molecule is CC(C)(C)c1ccccc1C(=O)NC1CCCCC1CN. The summed E-state index contributed by atoms with van der Waals surface area (Å²) in [5, 5.41) is 3.23. The van der Waals surface area contributed by atoms with Gasteiger partial charge in [0.2, 0.25) is 0 Å². The van der Waals surface area contributed by atoms with Gasteiger partial charge in [0.25, 0.3) is 5.91 Å². The van der Waals surface area contributed by atoms with Gasteiger partial charge in [0.1, 0.15) is 0 Å². The minimum atomic E-state index is -0.0340. The van der Waals surface area contributed by atoms with Crippen LogP contribution in [0.2, 0.25) is 0 Å². The fourth-order valence-corrected chi connectivity index (χ4v) is 3.26. The first kappa shape index (κ1) is 16.0. The van der Waals surface area contributed by atoms with Gasteiger partial charge < -0.3 is 11.1 Å². The minimum absolute atomic E-state index is 0.0340. The summed E-state index contributed by atoms with van der Waals surface area (Å²) in [5.41, 5.74) is 7.72. The van der Waals surface area contributed by atoms with E-state index in [9.17, 15) is 4.79 Å². The molecule has 1 aliphatic carbocycles. The van der Waals surface area contributed by atoms with Crippen molar-refractivity contribution in [3.63, 3.8) is 0 Å². The maximum Gasteiger partial charge on any atom is 0.251 e. The zero-order valence-corrected chi connectivity index (χ0v) is 13.5. The van der Waals surface area contributed by atoms with Crippen molar-refractivity contribution in [3.05, 3.63) is 35.4 Å². The third-order valence-corrected chi connectivity index (χ3v) is 4.51. The van der Waals surface area contributed by atoms with E-state index in [4.69, 9.17) is 5.73 Å². The molecule has 0 saturated heterocycles. The summed E-state index contributed by atoms with van der Waals surface area (Å²) in [7, 11) is 0. The normalized spacial score (nSPS) is 22.9. The van der Waals surface area contributed by atoms with Gasteiger partial charge in [-0.05, 0) is 42.3 Å². The molecule has 0 radical (unpaired) electrons. The lowest BCUT2D eigenvalue weighted by atomic mass is 9.82. The van der Waals surface area contributed by atoms with Crippen LogP contribution < -0.4 is 11.1 Å². The van der Waals surface area contributed by atoms with E-state index in [1.807, 2.05) is 18.2 Å². The van der Waals surface area contributed by atoms with Crippen molar-refractivity contribution in [2.75, 3.05) is 6.54 Å². The number of benzene rings is 1. The lowest BCUT2D eigenvalue weighted by Gasteiger charge is -2.32. The average Bonchev–Trinajstić information content (AvgIpc) is 2.47. The lowest BCUT2D eigenvalue weighted by molar-refractivity contribution is 0.0906. The zero-order chi connectivity index (χ0) is 15.5. The molecule has 0 bridgehead atoms. The summed E-state index contributed by atoms with van der Waals surface area (Å²) in [5.74, 6) is 0.468.